The van der Waals surface area contributed by atoms with Gasteiger partial charge in [0.25, 0.3) is 5.91 Å². The normalized spacial score (nSPS) is 14.3. The molecule has 0 aliphatic carbocycles. The van der Waals surface area contributed by atoms with Gasteiger partial charge in [-0.1, -0.05) is 35.9 Å². The highest BCUT2D eigenvalue weighted by molar-refractivity contribution is 6.14. The van der Waals surface area contributed by atoms with Crippen LogP contribution in [-0.2, 0) is 16.1 Å². The molecule has 0 atom stereocenters. The van der Waals surface area contributed by atoms with Crippen molar-refractivity contribution >= 4 is 30.0 Å². The summed E-state index contributed by atoms with van der Waals surface area (Å²) in [5.41, 5.74) is 1.74. The fourth-order valence-electron chi connectivity index (χ4n) is 3.32. The van der Waals surface area contributed by atoms with Crippen LogP contribution in [0.2, 0.25) is 0 Å². The Hall–Kier alpha value is -4.66. The first-order valence-electron chi connectivity index (χ1n) is 10.2. The molecule has 1 aliphatic heterocycles. The van der Waals surface area contributed by atoms with Crippen LogP contribution in [0.3, 0.4) is 0 Å². The fraction of sp³-hybridized carbons (Fsp3) is 0.120. The third kappa shape index (κ3) is 4.73. The molecule has 1 aromatic heterocycles. The van der Waals surface area contributed by atoms with Gasteiger partial charge < -0.3 is 19.2 Å². The molecule has 4 rings (SSSR count). The molecule has 0 unspecified atom stereocenters. The van der Waals surface area contributed by atoms with Gasteiger partial charge in [-0.2, -0.15) is 0 Å². The van der Waals surface area contributed by atoms with E-state index in [4.69, 9.17) is 9.15 Å². The van der Waals surface area contributed by atoms with Gasteiger partial charge in [-0.05, 0) is 43.3 Å². The molecule has 2 aromatic carbocycles. The molecule has 1 N–H and O–H groups in total. The maximum Gasteiger partial charge on any atom is 0.373 e. The largest absolute Gasteiger partial charge is 0.463 e. The Labute approximate surface area is 194 Å². The summed E-state index contributed by atoms with van der Waals surface area (Å²) in [5, 5.41) is 2.51. The van der Waals surface area contributed by atoms with Crippen molar-refractivity contribution in [1.29, 1.82) is 0 Å². The summed E-state index contributed by atoms with van der Waals surface area (Å²) in [5.74, 6) is -1.38. The minimum absolute atomic E-state index is 0.00352. The van der Waals surface area contributed by atoms with Crippen LogP contribution in [0.5, 0.6) is 5.75 Å². The van der Waals surface area contributed by atoms with E-state index in [1.807, 2.05) is 13.0 Å². The highest BCUT2D eigenvalue weighted by Gasteiger charge is 2.34. The second-order valence-electron chi connectivity index (χ2n) is 7.43. The predicted molar refractivity (Wildman–Crippen MR) is 120 cm³/mol. The van der Waals surface area contributed by atoms with Crippen molar-refractivity contribution in [2.75, 3.05) is 7.11 Å². The average Bonchev–Trinajstić information content (AvgIpc) is 3.40. The molecule has 1 saturated heterocycles. The first kappa shape index (κ1) is 22.5. The van der Waals surface area contributed by atoms with Crippen LogP contribution in [0.15, 0.2) is 70.8 Å². The van der Waals surface area contributed by atoms with Crippen molar-refractivity contribution in [2.45, 2.75) is 13.5 Å². The third-order valence-corrected chi connectivity index (χ3v) is 5.00. The van der Waals surface area contributed by atoms with E-state index in [1.165, 1.54) is 25.3 Å². The number of imide groups is 1. The average molecular weight is 460 g/mol. The molecule has 34 heavy (non-hydrogen) atoms. The number of carbonyl (C=O) groups excluding carboxylic acids is 4. The molecule has 0 bridgehead atoms. The van der Waals surface area contributed by atoms with Crippen molar-refractivity contribution in [1.82, 2.24) is 10.2 Å². The minimum Gasteiger partial charge on any atom is -0.463 e. The Kier molecular flexibility index (Phi) is 6.26. The van der Waals surface area contributed by atoms with Crippen molar-refractivity contribution in [2.24, 2.45) is 0 Å². The fourth-order valence-corrected chi connectivity index (χ4v) is 3.32. The number of ether oxygens (including phenoxy) is 2. The summed E-state index contributed by atoms with van der Waals surface area (Å²) in [7, 11) is 1.22. The maximum absolute atomic E-state index is 12.8. The Morgan fingerprint density at radius 1 is 1.03 bits per heavy atom. The zero-order valence-corrected chi connectivity index (χ0v) is 18.4. The maximum atomic E-state index is 12.8. The number of benzene rings is 2. The van der Waals surface area contributed by atoms with Crippen molar-refractivity contribution < 1.29 is 33.1 Å². The van der Waals surface area contributed by atoms with E-state index in [9.17, 15) is 19.2 Å². The summed E-state index contributed by atoms with van der Waals surface area (Å²) in [6.45, 7) is 1.69. The van der Waals surface area contributed by atoms with Crippen LogP contribution >= 0.6 is 0 Å². The van der Waals surface area contributed by atoms with Gasteiger partial charge >= 0.3 is 18.0 Å². The summed E-state index contributed by atoms with van der Waals surface area (Å²) in [6.07, 6.45) is 1.43. The van der Waals surface area contributed by atoms with E-state index in [-0.39, 0.29) is 29.5 Å². The van der Waals surface area contributed by atoms with E-state index in [0.29, 0.717) is 11.1 Å². The number of urea groups is 1. The lowest BCUT2D eigenvalue weighted by Gasteiger charge is -2.09. The van der Waals surface area contributed by atoms with Crippen LogP contribution in [0.25, 0.3) is 6.08 Å². The molecule has 9 heteroatoms. The van der Waals surface area contributed by atoms with Crippen molar-refractivity contribution in [3.63, 3.8) is 0 Å². The second-order valence-corrected chi connectivity index (χ2v) is 7.43. The summed E-state index contributed by atoms with van der Waals surface area (Å²) < 4.78 is 15.5. The molecule has 0 spiro atoms. The van der Waals surface area contributed by atoms with Gasteiger partial charge in [-0.25, -0.2) is 14.4 Å². The number of aryl methyl sites for hydroxylation is 1. The number of furan rings is 1. The smallest absolute Gasteiger partial charge is 0.373 e. The second kappa shape index (κ2) is 9.45. The predicted octanol–water partition coefficient (Wildman–Crippen LogP) is 3.69. The van der Waals surface area contributed by atoms with E-state index in [1.54, 1.807) is 42.5 Å². The molecule has 9 nitrogen and oxygen atoms in total. The molecule has 0 saturated carbocycles. The molecule has 3 amide bonds. The van der Waals surface area contributed by atoms with Crippen LogP contribution in [0, 0.1) is 6.92 Å². The van der Waals surface area contributed by atoms with Gasteiger partial charge in [-0.15, -0.1) is 0 Å². The zero-order valence-electron chi connectivity index (χ0n) is 18.4. The zero-order chi connectivity index (χ0) is 24.2. The van der Waals surface area contributed by atoms with Crippen LogP contribution in [0.4, 0.5) is 4.79 Å². The summed E-state index contributed by atoms with van der Waals surface area (Å²) in [4.78, 5) is 50.3. The number of methoxy groups -OCH3 is 1. The molecular weight excluding hydrogens is 440 g/mol. The van der Waals surface area contributed by atoms with E-state index >= 15 is 0 Å². The van der Waals surface area contributed by atoms with Crippen LogP contribution in [-0.4, -0.2) is 35.9 Å². The number of esters is 2. The number of para-hydroxylation sites is 1. The lowest BCUT2D eigenvalue weighted by atomic mass is 10.1. The summed E-state index contributed by atoms with van der Waals surface area (Å²) in [6, 6.07) is 15.9. The minimum atomic E-state index is -0.666. The molecular formula is C25H20N2O7. The Morgan fingerprint density at radius 2 is 1.82 bits per heavy atom. The first-order chi connectivity index (χ1) is 16.4. The van der Waals surface area contributed by atoms with Gasteiger partial charge in [0, 0.05) is 5.56 Å². The number of carbonyl (C=O) groups is 4. The molecule has 1 fully saturated rings. The molecule has 3 aromatic rings. The summed E-state index contributed by atoms with van der Waals surface area (Å²) >= 11 is 0. The number of rotatable bonds is 6. The van der Waals surface area contributed by atoms with Crippen LogP contribution in [0.1, 0.15) is 37.8 Å². The highest BCUT2D eigenvalue weighted by atomic mass is 16.5. The van der Waals surface area contributed by atoms with Gasteiger partial charge in [0.1, 0.15) is 17.2 Å². The Morgan fingerprint density at radius 3 is 2.59 bits per heavy atom. The van der Waals surface area contributed by atoms with Crippen LogP contribution < -0.4 is 10.1 Å². The Balaban J connectivity index is 1.53. The topological polar surface area (TPSA) is 115 Å². The first-order valence-corrected chi connectivity index (χ1v) is 10.2. The standard InChI is InChI=1S/C25H20N2O7/c1-15-6-5-8-17(12-15)23(29)34-20-9-4-3-7-16(20)13-19-22(28)27(25(31)26-19)14-18-10-11-21(33-18)24(30)32-2/h3-13H,14H2,1-2H3,(H,26,31). The molecule has 172 valence electrons. The van der Waals surface area contributed by atoms with Gasteiger partial charge in [-0.3, -0.25) is 9.69 Å². The number of nitrogens with one attached hydrogen (secondary N) is 1. The number of hydrogen-bond acceptors (Lipinski definition) is 7. The van der Waals surface area contributed by atoms with E-state index in [2.05, 4.69) is 10.1 Å². The third-order valence-electron chi connectivity index (χ3n) is 5.00. The van der Waals surface area contributed by atoms with Gasteiger partial charge in [0.2, 0.25) is 5.76 Å². The number of amides is 3. The molecule has 2 heterocycles. The highest BCUT2D eigenvalue weighted by Crippen LogP contribution is 2.25. The van der Waals surface area contributed by atoms with Gasteiger partial charge in [0.05, 0.1) is 19.2 Å². The quantitative estimate of drug-likeness (QED) is 0.258. The lowest BCUT2D eigenvalue weighted by molar-refractivity contribution is -0.123. The van der Waals surface area contributed by atoms with Crippen molar-refractivity contribution in [3.05, 3.63) is 94.6 Å². The van der Waals surface area contributed by atoms with Crippen molar-refractivity contribution in [3.8, 4) is 5.75 Å². The monoisotopic (exact) mass is 460 g/mol. The lowest BCUT2D eigenvalue weighted by Crippen LogP contribution is -2.30. The van der Waals surface area contributed by atoms with E-state index < -0.39 is 23.9 Å². The Bertz CT molecular complexity index is 1320. The van der Waals surface area contributed by atoms with E-state index in [0.717, 1.165) is 10.5 Å². The molecule has 0 radical (unpaired) electrons. The number of hydrogen-bond donors (Lipinski definition) is 1. The number of nitrogens with zero attached hydrogens (tertiary/aromatic N) is 1. The van der Waals surface area contributed by atoms with Gasteiger partial charge in [0.15, 0.2) is 0 Å². The SMILES string of the molecule is COC(=O)c1ccc(CN2C(=O)NC(=Cc3ccccc3OC(=O)c3cccc(C)c3)C2=O)o1. The molecule has 1 aliphatic rings.